The van der Waals surface area contributed by atoms with Gasteiger partial charge in [0.25, 0.3) is 0 Å². The lowest BCUT2D eigenvalue weighted by Gasteiger charge is -2.05. The maximum absolute atomic E-state index is 11.2. The van der Waals surface area contributed by atoms with Gasteiger partial charge in [-0.3, -0.25) is 4.72 Å². The molecule has 96 valence electrons. The van der Waals surface area contributed by atoms with Crippen molar-refractivity contribution in [3.63, 3.8) is 0 Å². The Balaban J connectivity index is 2.41. The number of nitrogens with one attached hydrogen (secondary N) is 2. The lowest BCUT2D eigenvalue weighted by molar-refractivity contribution is 0.607. The van der Waals surface area contributed by atoms with Crippen molar-refractivity contribution in [3.8, 4) is 11.3 Å². The van der Waals surface area contributed by atoms with Gasteiger partial charge in [-0.25, -0.2) is 13.4 Å². The Hall–Kier alpha value is -1.82. The third kappa shape index (κ3) is 2.89. The van der Waals surface area contributed by atoms with Gasteiger partial charge < -0.3 is 4.98 Å². The molecule has 0 saturated carbocycles. The zero-order valence-electron chi connectivity index (χ0n) is 10.5. The third-order valence-corrected chi connectivity index (χ3v) is 3.05. The molecule has 1 heterocycles. The van der Waals surface area contributed by atoms with Gasteiger partial charge in [0.05, 0.1) is 11.9 Å². The first-order valence-corrected chi connectivity index (χ1v) is 7.36. The van der Waals surface area contributed by atoms with Gasteiger partial charge in [-0.2, -0.15) is 0 Å². The number of hydrogen-bond donors (Lipinski definition) is 2. The molecule has 18 heavy (non-hydrogen) atoms. The summed E-state index contributed by atoms with van der Waals surface area (Å²) in [6.07, 6.45) is 1.13. The molecule has 0 atom stereocenters. The third-order valence-electron chi connectivity index (χ3n) is 2.44. The summed E-state index contributed by atoms with van der Waals surface area (Å²) < 4.78 is 24.8. The molecule has 0 aliphatic rings. The van der Waals surface area contributed by atoms with Crippen LogP contribution in [0.1, 0.15) is 11.5 Å². The summed E-state index contributed by atoms with van der Waals surface area (Å²) in [4.78, 5) is 7.51. The van der Waals surface area contributed by atoms with Crippen LogP contribution in [0.2, 0.25) is 0 Å². The predicted molar refractivity (Wildman–Crippen MR) is 72.0 cm³/mol. The molecule has 0 fully saturated rings. The topological polar surface area (TPSA) is 74.8 Å². The number of hydrogen-bond acceptors (Lipinski definition) is 3. The molecule has 2 rings (SSSR count). The van der Waals surface area contributed by atoms with Crippen molar-refractivity contribution < 1.29 is 8.42 Å². The van der Waals surface area contributed by atoms with E-state index in [1.165, 1.54) is 0 Å². The second-order valence-electron chi connectivity index (χ2n) is 4.25. The van der Waals surface area contributed by atoms with Gasteiger partial charge in [-0.05, 0) is 26.0 Å². The normalized spacial score (nSPS) is 11.5. The van der Waals surface area contributed by atoms with Crippen LogP contribution < -0.4 is 4.72 Å². The number of sulfonamides is 1. The zero-order chi connectivity index (χ0) is 13.3. The van der Waals surface area contributed by atoms with Crippen LogP contribution in [0.4, 0.5) is 5.69 Å². The average molecular weight is 265 g/mol. The van der Waals surface area contributed by atoms with Crippen LogP contribution in [0.3, 0.4) is 0 Å². The molecular weight excluding hydrogens is 250 g/mol. The molecule has 0 aliphatic carbocycles. The number of H-pyrrole nitrogens is 1. The summed E-state index contributed by atoms with van der Waals surface area (Å²) in [6.45, 7) is 3.82. The Bertz CT molecular complexity index is 674. The van der Waals surface area contributed by atoms with E-state index in [1.54, 1.807) is 18.2 Å². The predicted octanol–water partition coefficient (Wildman–Crippen LogP) is 2.07. The highest BCUT2D eigenvalue weighted by molar-refractivity contribution is 7.92. The van der Waals surface area contributed by atoms with Crippen LogP contribution in [0.15, 0.2) is 24.3 Å². The lowest BCUT2D eigenvalue weighted by Crippen LogP contribution is -2.09. The number of imidazole rings is 1. The zero-order valence-corrected chi connectivity index (χ0v) is 11.3. The van der Waals surface area contributed by atoms with Crippen molar-refractivity contribution in [3.05, 3.63) is 35.8 Å². The minimum Gasteiger partial charge on any atom is -0.346 e. The molecule has 1 aromatic carbocycles. The molecule has 0 saturated heterocycles. The van der Waals surface area contributed by atoms with E-state index in [0.29, 0.717) is 5.69 Å². The van der Waals surface area contributed by atoms with Gasteiger partial charge >= 0.3 is 0 Å². The average Bonchev–Trinajstić information content (AvgIpc) is 2.55. The van der Waals surface area contributed by atoms with Gasteiger partial charge in [0.15, 0.2) is 0 Å². The minimum absolute atomic E-state index is 0.537. The molecule has 0 radical (unpaired) electrons. The van der Waals surface area contributed by atoms with Crippen molar-refractivity contribution in [1.29, 1.82) is 0 Å². The molecule has 0 spiro atoms. The van der Waals surface area contributed by atoms with E-state index >= 15 is 0 Å². The summed E-state index contributed by atoms with van der Waals surface area (Å²) in [7, 11) is -3.26. The number of aryl methyl sites for hydroxylation is 2. The van der Waals surface area contributed by atoms with Crippen molar-refractivity contribution >= 4 is 15.7 Å². The molecule has 0 bridgehead atoms. The van der Waals surface area contributed by atoms with Gasteiger partial charge in [-0.15, -0.1) is 0 Å². The Morgan fingerprint density at radius 2 is 2.00 bits per heavy atom. The van der Waals surface area contributed by atoms with Gasteiger partial charge in [0.1, 0.15) is 5.82 Å². The molecule has 0 unspecified atom stereocenters. The fraction of sp³-hybridized carbons (Fsp3) is 0.250. The number of nitrogens with zero attached hydrogens (tertiary/aromatic N) is 1. The molecule has 2 aromatic rings. The van der Waals surface area contributed by atoms with Crippen LogP contribution in [0, 0.1) is 13.8 Å². The quantitative estimate of drug-likeness (QED) is 0.892. The SMILES string of the molecule is Cc1nc(-c2cccc(NS(C)(=O)=O)c2)c(C)[nH]1. The van der Waals surface area contributed by atoms with Crippen LogP contribution in [0.5, 0.6) is 0 Å². The highest BCUT2D eigenvalue weighted by atomic mass is 32.2. The van der Waals surface area contributed by atoms with E-state index in [2.05, 4.69) is 14.7 Å². The Morgan fingerprint density at radius 3 is 2.56 bits per heavy atom. The van der Waals surface area contributed by atoms with E-state index in [9.17, 15) is 8.42 Å². The maximum atomic E-state index is 11.2. The number of anilines is 1. The lowest BCUT2D eigenvalue weighted by atomic mass is 10.1. The second-order valence-corrected chi connectivity index (χ2v) is 6.00. The van der Waals surface area contributed by atoms with E-state index in [0.717, 1.165) is 29.0 Å². The molecule has 6 heteroatoms. The minimum atomic E-state index is -3.26. The highest BCUT2D eigenvalue weighted by Crippen LogP contribution is 2.24. The maximum Gasteiger partial charge on any atom is 0.229 e. The molecular formula is C12H15N3O2S. The summed E-state index contributed by atoms with van der Waals surface area (Å²) in [5.41, 5.74) is 3.22. The van der Waals surface area contributed by atoms with E-state index in [1.807, 2.05) is 19.9 Å². The second kappa shape index (κ2) is 4.45. The summed E-state index contributed by atoms with van der Waals surface area (Å²) in [5, 5.41) is 0. The van der Waals surface area contributed by atoms with Gasteiger partial charge in [0, 0.05) is 16.9 Å². The number of rotatable bonds is 3. The van der Waals surface area contributed by atoms with Crippen LogP contribution in [-0.2, 0) is 10.0 Å². The molecule has 1 aromatic heterocycles. The fourth-order valence-corrected chi connectivity index (χ4v) is 2.39. The van der Waals surface area contributed by atoms with Crippen molar-refractivity contribution in [2.75, 3.05) is 11.0 Å². The van der Waals surface area contributed by atoms with Crippen LogP contribution in [0.25, 0.3) is 11.3 Å². The summed E-state index contributed by atoms with van der Waals surface area (Å²) >= 11 is 0. The van der Waals surface area contributed by atoms with Crippen molar-refractivity contribution in [2.45, 2.75) is 13.8 Å². The molecule has 5 nitrogen and oxygen atoms in total. The van der Waals surface area contributed by atoms with E-state index in [4.69, 9.17) is 0 Å². The molecule has 0 aliphatic heterocycles. The Labute approximate surface area is 106 Å². The van der Waals surface area contributed by atoms with Crippen LogP contribution >= 0.6 is 0 Å². The number of benzene rings is 1. The fourth-order valence-electron chi connectivity index (χ4n) is 1.84. The van der Waals surface area contributed by atoms with Crippen molar-refractivity contribution in [2.24, 2.45) is 0 Å². The molecule has 0 amide bonds. The van der Waals surface area contributed by atoms with Crippen molar-refractivity contribution in [1.82, 2.24) is 9.97 Å². The van der Waals surface area contributed by atoms with E-state index < -0.39 is 10.0 Å². The summed E-state index contributed by atoms with van der Waals surface area (Å²) in [5.74, 6) is 0.837. The monoisotopic (exact) mass is 265 g/mol. The number of aromatic nitrogens is 2. The first kappa shape index (κ1) is 12.6. The smallest absolute Gasteiger partial charge is 0.229 e. The standard InChI is InChI=1S/C12H15N3O2S/c1-8-12(14-9(2)13-8)10-5-4-6-11(7-10)15-18(3,16)17/h4-7,15H,1-3H3,(H,13,14). The van der Waals surface area contributed by atoms with E-state index in [-0.39, 0.29) is 0 Å². The first-order valence-electron chi connectivity index (χ1n) is 5.46. The number of aromatic amines is 1. The Morgan fingerprint density at radius 1 is 1.28 bits per heavy atom. The largest absolute Gasteiger partial charge is 0.346 e. The van der Waals surface area contributed by atoms with Crippen LogP contribution in [-0.4, -0.2) is 24.6 Å². The highest BCUT2D eigenvalue weighted by Gasteiger charge is 2.08. The van der Waals surface area contributed by atoms with Gasteiger partial charge in [-0.1, -0.05) is 12.1 Å². The summed E-state index contributed by atoms with van der Waals surface area (Å²) in [6, 6.07) is 7.17. The molecule has 2 N–H and O–H groups in total. The first-order chi connectivity index (χ1) is 8.35. The Kier molecular flexibility index (Phi) is 3.13. The van der Waals surface area contributed by atoms with Gasteiger partial charge in [0.2, 0.25) is 10.0 Å².